The van der Waals surface area contributed by atoms with Gasteiger partial charge in [-0.2, -0.15) is 0 Å². The fourth-order valence-electron chi connectivity index (χ4n) is 3.06. The number of carbonyl (C=O) groups is 3. The molecule has 2 rings (SSSR count). The minimum absolute atomic E-state index is 0.0977. The molecule has 31 heavy (non-hydrogen) atoms. The maximum absolute atomic E-state index is 12.6. The predicted octanol–water partition coefficient (Wildman–Crippen LogP) is 1.02. The Morgan fingerprint density at radius 2 is 1.68 bits per heavy atom. The van der Waals surface area contributed by atoms with E-state index >= 15 is 0 Å². The smallest absolute Gasteiger partial charge is 0.415 e. The van der Waals surface area contributed by atoms with Crippen LogP contribution in [0.25, 0.3) is 0 Å². The van der Waals surface area contributed by atoms with Crippen molar-refractivity contribution in [2.45, 2.75) is 38.8 Å². The number of hydrogen-bond donors (Lipinski definition) is 2. The Morgan fingerprint density at radius 3 is 2.23 bits per heavy atom. The Morgan fingerprint density at radius 1 is 1.06 bits per heavy atom. The van der Waals surface area contributed by atoms with Gasteiger partial charge in [-0.3, -0.25) is 4.79 Å². The average Bonchev–Trinajstić information content (AvgIpc) is 2.68. The number of carbonyl (C=O) groups excluding carboxylic acids is 3. The van der Waals surface area contributed by atoms with E-state index in [0.29, 0.717) is 18.8 Å². The van der Waals surface area contributed by atoms with Crippen LogP contribution in [0, 0.1) is 0 Å². The fraction of sp³-hybridized carbons (Fsp3) is 0.591. The molecule has 2 N–H and O–H groups in total. The average molecular weight is 435 g/mol. The lowest BCUT2D eigenvalue weighted by atomic mass is 10.1. The maximum atomic E-state index is 12.6. The normalized spacial score (nSPS) is 15.8. The van der Waals surface area contributed by atoms with E-state index < -0.39 is 17.6 Å². The molecule has 0 saturated carbocycles. The zero-order valence-corrected chi connectivity index (χ0v) is 19.1. The lowest BCUT2D eigenvalue weighted by molar-refractivity contribution is -0.158. The molecular formula is C22H34N4O5. The number of nitrogens with zero attached hydrogens (tertiary/aromatic N) is 2. The van der Waals surface area contributed by atoms with Crippen molar-refractivity contribution in [3.63, 3.8) is 0 Å². The number of benzene rings is 1. The quantitative estimate of drug-likeness (QED) is 0.618. The molecule has 1 fully saturated rings. The number of piperazine rings is 1. The summed E-state index contributed by atoms with van der Waals surface area (Å²) in [6.45, 7) is 8.34. The van der Waals surface area contributed by atoms with Gasteiger partial charge in [-0.05, 0) is 52.6 Å². The highest BCUT2D eigenvalue weighted by Crippen LogP contribution is 2.17. The summed E-state index contributed by atoms with van der Waals surface area (Å²) in [4.78, 5) is 40.7. The first kappa shape index (κ1) is 24.6. The Kier molecular flexibility index (Phi) is 8.82. The highest BCUT2D eigenvalue weighted by atomic mass is 16.6. The first-order valence-electron chi connectivity index (χ1n) is 10.5. The summed E-state index contributed by atoms with van der Waals surface area (Å²) >= 11 is 0. The molecular weight excluding hydrogens is 400 g/mol. The molecule has 0 spiro atoms. The molecule has 1 saturated heterocycles. The highest BCUT2D eigenvalue weighted by molar-refractivity contribution is 5.85. The molecule has 9 nitrogen and oxygen atoms in total. The van der Waals surface area contributed by atoms with Gasteiger partial charge in [0.1, 0.15) is 17.4 Å². The van der Waals surface area contributed by atoms with E-state index in [9.17, 15) is 14.4 Å². The third kappa shape index (κ3) is 8.55. The molecule has 0 unspecified atom stereocenters. The van der Waals surface area contributed by atoms with Crippen LogP contribution in [0.5, 0.6) is 5.75 Å². The summed E-state index contributed by atoms with van der Waals surface area (Å²) in [7, 11) is 3.68. The van der Waals surface area contributed by atoms with E-state index in [2.05, 4.69) is 15.5 Å². The topological polar surface area (TPSA) is 100 Å². The molecule has 0 bridgehead atoms. The van der Waals surface area contributed by atoms with E-state index in [4.69, 9.17) is 9.47 Å². The number of amides is 2. The first-order valence-corrected chi connectivity index (χ1v) is 10.5. The summed E-state index contributed by atoms with van der Waals surface area (Å²) in [5.74, 6) is -0.362. The third-order valence-corrected chi connectivity index (χ3v) is 4.69. The zero-order chi connectivity index (χ0) is 23.0. The predicted molar refractivity (Wildman–Crippen MR) is 117 cm³/mol. The van der Waals surface area contributed by atoms with Crippen LogP contribution in [0.4, 0.5) is 4.79 Å². The molecule has 0 aliphatic carbocycles. The minimum atomic E-state index is -0.821. The number of esters is 1. The SMILES string of the molecule is CNCC(=O)N[C@@H](Cc1ccc(OC(=O)N2CCN(C)CC2)cc1)C(=O)OC(C)(C)C. The van der Waals surface area contributed by atoms with Gasteiger partial charge in [-0.15, -0.1) is 0 Å². The van der Waals surface area contributed by atoms with Gasteiger partial charge in [0.15, 0.2) is 0 Å². The molecule has 2 amide bonds. The molecule has 9 heteroatoms. The number of nitrogens with one attached hydrogen (secondary N) is 2. The van der Waals surface area contributed by atoms with Crippen LogP contribution in [-0.4, -0.2) is 86.2 Å². The molecule has 1 heterocycles. The second-order valence-electron chi connectivity index (χ2n) is 8.69. The van der Waals surface area contributed by atoms with Crippen LogP contribution >= 0.6 is 0 Å². The van der Waals surface area contributed by atoms with E-state index in [0.717, 1.165) is 18.7 Å². The van der Waals surface area contributed by atoms with Crippen molar-refractivity contribution in [3.8, 4) is 5.75 Å². The maximum Gasteiger partial charge on any atom is 0.415 e. The van der Waals surface area contributed by atoms with Crippen molar-refractivity contribution in [2.24, 2.45) is 0 Å². The molecule has 1 atom stereocenters. The molecule has 1 aromatic carbocycles. The fourth-order valence-corrected chi connectivity index (χ4v) is 3.06. The minimum Gasteiger partial charge on any atom is -0.458 e. The van der Waals surface area contributed by atoms with Crippen molar-refractivity contribution in [1.29, 1.82) is 0 Å². The number of ether oxygens (including phenoxy) is 2. The molecule has 1 aliphatic heterocycles. The molecule has 0 aromatic heterocycles. The van der Waals surface area contributed by atoms with Gasteiger partial charge in [0, 0.05) is 32.6 Å². The van der Waals surface area contributed by atoms with Gasteiger partial charge in [0.2, 0.25) is 5.91 Å². The molecule has 1 aliphatic rings. The largest absolute Gasteiger partial charge is 0.458 e. The van der Waals surface area contributed by atoms with Crippen molar-refractivity contribution < 1.29 is 23.9 Å². The van der Waals surface area contributed by atoms with Crippen LogP contribution in [0.2, 0.25) is 0 Å². The Hall–Kier alpha value is -2.65. The number of rotatable bonds is 7. The second kappa shape index (κ2) is 11.1. The lowest BCUT2D eigenvalue weighted by Crippen LogP contribution is -2.48. The van der Waals surface area contributed by atoms with Crippen molar-refractivity contribution in [2.75, 3.05) is 46.8 Å². The summed E-state index contributed by atoms with van der Waals surface area (Å²) < 4.78 is 10.9. The van der Waals surface area contributed by atoms with Crippen molar-refractivity contribution in [3.05, 3.63) is 29.8 Å². The van der Waals surface area contributed by atoms with Crippen LogP contribution in [0.1, 0.15) is 26.3 Å². The summed E-state index contributed by atoms with van der Waals surface area (Å²) in [5.41, 5.74) is 0.143. The van der Waals surface area contributed by atoms with Gasteiger partial charge in [0.05, 0.1) is 6.54 Å². The van der Waals surface area contributed by atoms with Crippen molar-refractivity contribution >= 4 is 18.0 Å². The van der Waals surface area contributed by atoms with Gasteiger partial charge in [0.25, 0.3) is 0 Å². The van der Waals surface area contributed by atoms with Gasteiger partial charge >= 0.3 is 12.1 Å². The second-order valence-corrected chi connectivity index (χ2v) is 8.69. The third-order valence-electron chi connectivity index (χ3n) is 4.69. The Labute approximate surface area is 184 Å². The van der Waals surface area contributed by atoms with Crippen LogP contribution in [0.15, 0.2) is 24.3 Å². The van der Waals surface area contributed by atoms with Crippen LogP contribution < -0.4 is 15.4 Å². The zero-order valence-electron chi connectivity index (χ0n) is 19.1. The summed E-state index contributed by atoms with van der Waals surface area (Å²) in [6.07, 6.45) is -0.108. The first-order chi connectivity index (χ1) is 14.6. The summed E-state index contributed by atoms with van der Waals surface area (Å²) in [5, 5.41) is 5.47. The Balaban J connectivity index is 1.99. The summed E-state index contributed by atoms with van der Waals surface area (Å²) in [6, 6.07) is 6.09. The number of likely N-dealkylation sites (N-methyl/N-ethyl adjacent to an activating group) is 2. The van der Waals surface area contributed by atoms with Gasteiger partial charge in [-0.1, -0.05) is 12.1 Å². The van der Waals surface area contributed by atoms with Gasteiger partial charge < -0.3 is 29.9 Å². The highest BCUT2D eigenvalue weighted by Gasteiger charge is 2.27. The molecule has 172 valence electrons. The molecule has 1 aromatic rings. The van der Waals surface area contributed by atoms with E-state index in [1.54, 1.807) is 57.0 Å². The van der Waals surface area contributed by atoms with Crippen molar-refractivity contribution in [1.82, 2.24) is 20.4 Å². The van der Waals surface area contributed by atoms with Gasteiger partial charge in [-0.25, -0.2) is 9.59 Å². The van der Waals surface area contributed by atoms with E-state index in [-0.39, 0.29) is 25.0 Å². The number of hydrogen-bond acceptors (Lipinski definition) is 7. The van der Waals surface area contributed by atoms with Crippen LogP contribution in [0.3, 0.4) is 0 Å². The molecule has 0 radical (unpaired) electrons. The van der Waals surface area contributed by atoms with E-state index in [1.165, 1.54) is 0 Å². The van der Waals surface area contributed by atoms with E-state index in [1.807, 2.05) is 7.05 Å². The Bertz CT molecular complexity index is 752. The standard InChI is InChI=1S/C22H34N4O5/c1-22(2,3)31-20(28)18(24-19(27)15-23-4)14-16-6-8-17(9-7-16)30-21(29)26-12-10-25(5)11-13-26/h6-9,18,23H,10-15H2,1-5H3,(H,24,27)/t18-/m0/s1. The van der Waals surface area contributed by atoms with Crippen LogP contribution in [-0.2, 0) is 20.7 Å². The monoisotopic (exact) mass is 434 g/mol. The lowest BCUT2D eigenvalue weighted by Gasteiger charge is -2.31.